The van der Waals surface area contributed by atoms with Gasteiger partial charge in [-0.3, -0.25) is 9.88 Å². The first-order valence-corrected chi connectivity index (χ1v) is 12.5. The molecule has 1 aromatic heterocycles. The summed E-state index contributed by atoms with van der Waals surface area (Å²) in [5, 5.41) is 9.65. The van der Waals surface area contributed by atoms with Crippen molar-refractivity contribution in [1.82, 2.24) is 20.4 Å². The van der Waals surface area contributed by atoms with Crippen LogP contribution in [0.2, 0.25) is 0 Å². The summed E-state index contributed by atoms with van der Waals surface area (Å²) in [5.41, 5.74) is 4.05. The summed E-state index contributed by atoms with van der Waals surface area (Å²) in [6.45, 7) is 4.81. The second-order valence-electron chi connectivity index (χ2n) is 9.29. The molecule has 0 amide bonds. The van der Waals surface area contributed by atoms with Gasteiger partial charge in [-0.15, -0.1) is 5.11 Å². The molecule has 1 N–H and O–H groups in total. The van der Waals surface area contributed by atoms with Crippen LogP contribution in [0.1, 0.15) is 42.9 Å². The highest BCUT2D eigenvalue weighted by molar-refractivity contribution is 5.52. The van der Waals surface area contributed by atoms with Crippen LogP contribution in [-0.2, 0) is 12.7 Å². The van der Waals surface area contributed by atoms with Crippen molar-refractivity contribution < 1.29 is 22.0 Å². The first kappa shape index (κ1) is 29.4. The first-order chi connectivity index (χ1) is 18.0. The number of rotatable bonds is 13. The van der Waals surface area contributed by atoms with Crippen molar-refractivity contribution in [3.8, 4) is 0 Å². The number of anilines is 1. The van der Waals surface area contributed by atoms with Crippen LogP contribution >= 0.6 is 0 Å². The van der Waals surface area contributed by atoms with Crippen LogP contribution in [0, 0.1) is 6.92 Å². The number of pyridine rings is 1. The summed E-state index contributed by atoms with van der Waals surface area (Å²) in [6.07, 6.45) is 0.239. The Morgan fingerprint density at radius 1 is 1.13 bits per heavy atom. The SMILES string of the molecule is Cc1ccc(N(CCCC(C)N(C/C=C/CC(F)F)C2N=NN(C)N2)Cc2ccncc2)cc1C(F)(F)F. The second kappa shape index (κ2) is 13.6. The van der Waals surface area contributed by atoms with Gasteiger partial charge >= 0.3 is 6.18 Å². The largest absolute Gasteiger partial charge is 0.416 e. The lowest BCUT2D eigenvalue weighted by Crippen LogP contribution is -2.49. The average Bonchev–Trinajstić information content (AvgIpc) is 3.29. The smallest absolute Gasteiger partial charge is 0.367 e. The molecule has 2 aromatic rings. The van der Waals surface area contributed by atoms with Crippen molar-refractivity contribution >= 4 is 5.69 Å². The minimum absolute atomic E-state index is 0.0133. The minimum Gasteiger partial charge on any atom is -0.367 e. The number of nitrogens with one attached hydrogen (secondary N) is 1. The number of hydrogen-bond acceptors (Lipinski definition) is 7. The van der Waals surface area contributed by atoms with Gasteiger partial charge in [-0.25, -0.2) is 13.9 Å². The molecule has 38 heavy (non-hydrogen) atoms. The van der Waals surface area contributed by atoms with E-state index in [9.17, 15) is 22.0 Å². The number of hydrogen-bond donors (Lipinski definition) is 1. The summed E-state index contributed by atoms with van der Waals surface area (Å²) in [4.78, 5) is 7.97. The Hall–Kier alpha value is -3.12. The van der Waals surface area contributed by atoms with E-state index < -0.39 is 24.5 Å². The Morgan fingerprint density at radius 2 is 1.87 bits per heavy atom. The molecule has 1 aliphatic heterocycles. The topological polar surface area (TPSA) is 59.4 Å². The molecule has 0 radical (unpaired) electrons. The van der Waals surface area contributed by atoms with Gasteiger partial charge in [-0.05, 0) is 62.1 Å². The molecule has 3 rings (SSSR count). The van der Waals surface area contributed by atoms with Gasteiger partial charge in [0.25, 0.3) is 0 Å². The molecule has 0 spiro atoms. The molecule has 0 saturated carbocycles. The monoisotopic (exact) mass is 539 g/mol. The maximum absolute atomic E-state index is 13.6. The molecule has 0 bridgehead atoms. The maximum atomic E-state index is 13.6. The van der Waals surface area contributed by atoms with Gasteiger partial charge in [0.15, 0.2) is 6.29 Å². The van der Waals surface area contributed by atoms with Crippen molar-refractivity contribution in [2.24, 2.45) is 10.3 Å². The van der Waals surface area contributed by atoms with Gasteiger partial charge in [0.2, 0.25) is 6.43 Å². The lowest BCUT2D eigenvalue weighted by molar-refractivity contribution is -0.138. The van der Waals surface area contributed by atoms with Crippen LogP contribution in [0.5, 0.6) is 0 Å². The fourth-order valence-corrected chi connectivity index (χ4v) is 4.27. The average molecular weight is 540 g/mol. The van der Waals surface area contributed by atoms with Crippen molar-refractivity contribution in [3.63, 3.8) is 0 Å². The fourth-order valence-electron chi connectivity index (χ4n) is 4.27. The Balaban J connectivity index is 1.72. The molecular weight excluding hydrogens is 505 g/mol. The summed E-state index contributed by atoms with van der Waals surface area (Å²) >= 11 is 0. The van der Waals surface area contributed by atoms with Crippen LogP contribution in [0.3, 0.4) is 0 Å². The Kier molecular flexibility index (Phi) is 10.5. The zero-order valence-corrected chi connectivity index (χ0v) is 21.7. The van der Waals surface area contributed by atoms with Gasteiger partial charge in [0.05, 0.1) is 5.56 Å². The normalized spacial score (nSPS) is 16.8. The predicted octanol–water partition coefficient (Wildman–Crippen LogP) is 6.20. The Bertz CT molecular complexity index is 1060. The summed E-state index contributed by atoms with van der Waals surface area (Å²) in [6, 6.07) is 8.10. The van der Waals surface area contributed by atoms with Gasteiger partial charge < -0.3 is 4.90 Å². The summed E-state index contributed by atoms with van der Waals surface area (Å²) in [7, 11) is 1.72. The van der Waals surface area contributed by atoms with Gasteiger partial charge in [-0.1, -0.05) is 23.4 Å². The van der Waals surface area contributed by atoms with E-state index >= 15 is 0 Å². The number of halogens is 5. The Labute approximate surface area is 220 Å². The third-order valence-corrected chi connectivity index (χ3v) is 6.34. The number of aryl methyl sites for hydroxylation is 1. The molecule has 12 heteroatoms. The number of benzene rings is 1. The molecule has 2 unspecified atom stereocenters. The van der Waals surface area contributed by atoms with E-state index in [1.165, 1.54) is 30.3 Å². The van der Waals surface area contributed by atoms with Crippen LogP contribution in [0.25, 0.3) is 0 Å². The van der Waals surface area contributed by atoms with Crippen molar-refractivity contribution in [3.05, 3.63) is 71.6 Å². The van der Waals surface area contributed by atoms with Crippen molar-refractivity contribution in [2.45, 2.75) is 64.6 Å². The molecule has 0 saturated heterocycles. The zero-order valence-electron chi connectivity index (χ0n) is 21.7. The highest BCUT2D eigenvalue weighted by atomic mass is 19.4. The maximum Gasteiger partial charge on any atom is 0.416 e. The quantitative estimate of drug-likeness (QED) is 0.243. The zero-order chi connectivity index (χ0) is 27.7. The number of aromatic nitrogens is 1. The van der Waals surface area contributed by atoms with E-state index in [0.717, 1.165) is 5.56 Å². The molecule has 7 nitrogen and oxygen atoms in total. The molecule has 2 atom stereocenters. The predicted molar refractivity (Wildman–Crippen MR) is 136 cm³/mol. The summed E-state index contributed by atoms with van der Waals surface area (Å²) < 4.78 is 65.9. The van der Waals surface area contributed by atoms with E-state index in [0.29, 0.717) is 38.2 Å². The number of allylic oxidation sites excluding steroid dienone is 1. The standard InChI is InChI=1S/C26H34F5N7/c1-19-9-10-22(17-23(19)26(29,30)31)37(18-21-11-13-32-14-12-21)15-6-7-20(2)38(16-5-4-8-24(27)28)25-33-35-36(3)34-25/h4-5,9-14,17,20,24-25,34H,6-8,15-16,18H2,1-3H3/b5-4+. The second-order valence-corrected chi connectivity index (χ2v) is 9.29. The highest BCUT2D eigenvalue weighted by Gasteiger charge is 2.33. The van der Waals surface area contributed by atoms with Gasteiger partial charge in [0, 0.05) is 57.2 Å². The fraction of sp³-hybridized carbons (Fsp3) is 0.500. The lowest BCUT2D eigenvalue weighted by Gasteiger charge is -2.32. The molecule has 1 aliphatic rings. The molecular formula is C26H34F5N7. The van der Waals surface area contributed by atoms with Gasteiger partial charge in [0.1, 0.15) is 0 Å². The number of nitrogens with zero attached hydrogens (tertiary/aromatic N) is 6. The molecule has 0 fully saturated rings. The number of hydrazine groups is 1. The highest BCUT2D eigenvalue weighted by Crippen LogP contribution is 2.34. The van der Waals surface area contributed by atoms with E-state index in [2.05, 4.69) is 20.7 Å². The van der Waals surface area contributed by atoms with E-state index in [4.69, 9.17) is 0 Å². The third kappa shape index (κ3) is 8.73. The molecule has 2 heterocycles. The summed E-state index contributed by atoms with van der Waals surface area (Å²) in [5.74, 6) is 0. The number of alkyl halides is 5. The first-order valence-electron chi connectivity index (χ1n) is 12.5. The van der Waals surface area contributed by atoms with Crippen LogP contribution in [-0.4, -0.2) is 53.9 Å². The van der Waals surface area contributed by atoms with Crippen LogP contribution in [0.15, 0.2) is 65.2 Å². The van der Waals surface area contributed by atoms with E-state index in [-0.39, 0.29) is 18.0 Å². The molecule has 1 aromatic carbocycles. The Morgan fingerprint density at radius 3 is 2.50 bits per heavy atom. The van der Waals surface area contributed by atoms with Crippen molar-refractivity contribution in [2.75, 3.05) is 25.0 Å². The van der Waals surface area contributed by atoms with Gasteiger partial charge in [-0.2, -0.15) is 18.6 Å². The van der Waals surface area contributed by atoms with Crippen LogP contribution in [0.4, 0.5) is 27.6 Å². The van der Waals surface area contributed by atoms with Crippen molar-refractivity contribution in [1.29, 1.82) is 0 Å². The van der Waals surface area contributed by atoms with E-state index in [1.807, 2.05) is 28.9 Å². The van der Waals surface area contributed by atoms with E-state index in [1.54, 1.807) is 31.6 Å². The third-order valence-electron chi connectivity index (χ3n) is 6.34. The molecule has 0 aliphatic carbocycles. The lowest BCUT2D eigenvalue weighted by atomic mass is 10.1. The molecule has 208 valence electrons. The minimum atomic E-state index is -4.44. The van der Waals surface area contributed by atoms with Crippen LogP contribution < -0.4 is 10.3 Å².